The molecule has 2 heterocycles. The van der Waals surface area contributed by atoms with Crippen molar-refractivity contribution in [1.29, 1.82) is 0 Å². The van der Waals surface area contributed by atoms with Gasteiger partial charge in [-0.25, -0.2) is 0 Å². The van der Waals surface area contributed by atoms with Gasteiger partial charge < -0.3 is 10.1 Å². The summed E-state index contributed by atoms with van der Waals surface area (Å²) < 4.78 is 5.57. The van der Waals surface area contributed by atoms with Crippen molar-refractivity contribution in [3.05, 3.63) is 71.4 Å². The van der Waals surface area contributed by atoms with Crippen LogP contribution in [0.4, 0.5) is 5.69 Å². The van der Waals surface area contributed by atoms with Crippen LogP contribution in [-0.4, -0.2) is 17.4 Å². The summed E-state index contributed by atoms with van der Waals surface area (Å²) in [4.78, 5) is 17.5. The maximum atomic E-state index is 13.0. The minimum absolute atomic E-state index is 0.125. The van der Waals surface area contributed by atoms with E-state index in [0.717, 1.165) is 51.9 Å². The Morgan fingerprint density at radius 2 is 1.96 bits per heavy atom. The van der Waals surface area contributed by atoms with Crippen LogP contribution in [-0.2, 0) is 4.79 Å². The average molecular weight is 370 g/mol. The third-order valence-corrected chi connectivity index (χ3v) is 5.66. The van der Waals surface area contributed by atoms with E-state index in [1.807, 2.05) is 37.4 Å². The van der Waals surface area contributed by atoms with E-state index in [2.05, 4.69) is 34.6 Å². The van der Waals surface area contributed by atoms with Gasteiger partial charge >= 0.3 is 0 Å². The molecule has 4 heteroatoms. The molecule has 1 aliphatic carbocycles. The number of ether oxygens (including phenoxy) is 1. The highest BCUT2D eigenvalue weighted by molar-refractivity contribution is 6.12. The number of pyridine rings is 1. The number of nitrogens with one attached hydrogen (secondary N) is 1. The fourth-order valence-electron chi connectivity index (χ4n) is 4.46. The molecule has 1 aromatic heterocycles. The lowest BCUT2D eigenvalue weighted by Gasteiger charge is -2.35. The van der Waals surface area contributed by atoms with Crippen molar-refractivity contribution in [2.75, 3.05) is 11.9 Å². The van der Waals surface area contributed by atoms with Gasteiger partial charge in [-0.1, -0.05) is 18.2 Å². The van der Waals surface area contributed by atoms with Crippen LogP contribution in [0.5, 0.6) is 5.75 Å². The Morgan fingerprint density at radius 1 is 1.11 bits per heavy atom. The lowest BCUT2D eigenvalue weighted by Crippen LogP contribution is -2.27. The van der Waals surface area contributed by atoms with Gasteiger partial charge in [-0.2, -0.15) is 0 Å². The number of allylic oxidation sites excluding steroid dienone is 1. The number of hydrogen-bond donors (Lipinski definition) is 1. The normalized spacial score (nSPS) is 18.5. The number of carbonyl (C=O) groups is 1. The molecule has 0 bridgehead atoms. The van der Waals surface area contributed by atoms with Gasteiger partial charge in [-0.3, -0.25) is 9.78 Å². The van der Waals surface area contributed by atoms with Crippen molar-refractivity contribution in [3.63, 3.8) is 0 Å². The molecule has 1 atom stereocenters. The van der Waals surface area contributed by atoms with Crippen molar-refractivity contribution in [1.82, 2.24) is 4.98 Å². The highest BCUT2D eigenvalue weighted by Gasteiger charge is 2.34. The third-order valence-electron chi connectivity index (χ3n) is 5.66. The molecule has 0 fully saturated rings. The van der Waals surface area contributed by atoms with Gasteiger partial charge in [0.05, 0.1) is 18.2 Å². The van der Waals surface area contributed by atoms with Crippen LogP contribution in [0.3, 0.4) is 0 Å². The fourth-order valence-corrected chi connectivity index (χ4v) is 4.46. The zero-order valence-corrected chi connectivity index (χ0v) is 15.9. The molecule has 1 N–H and O–H groups in total. The van der Waals surface area contributed by atoms with E-state index < -0.39 is 0 Å². The Kier molecular flexibility index (Phi) is 4.12. The van der Waals surface area contributed by atoms with E-state index in [4.69, 9.17) is 4.74 Å². The standard InChI is InChI=1S/C24H22N2O2/c1-2-28-16-10-8-15(9-11-16)24-23-18(5-3-7-21(23)27)22-17-6-4-14-25-19(17)12-13-20(22)26-24/h4,6,8-14,24,26H,2-3,5,7H2,1H3/t24-/m0/s1. The minimum atomic E-state index is -0.125. The van der Waals surface area contributed by atoms with E-state index in [1.54, 1.807) is 0 Å². The van der Waals surface area contributed by atoms with Crippen molar-refractivity contribution in [2.24, 2.45) is 0 Å². The highest BCUT2D eigenvalue weighted by atomic mass is 16.5. The second-order valence-corrected chi connectivity index (χ2v) is 7.31. The highest BCUT2D eigenvalue weighted by Crippen LogP contribution is 2.47. The molecule has 3 aromatic rings. The van der Waals surface area contributed by atoms with Crippen molar-refractivity contribution in [2.45, 2.75) is 32.2 Å². The predicted molar refractivity (Wildman–Crippen MR) is 111 cm³/mol. The summed E-state index contributed by atoms with van der Waals surface area (Å²) in [7, 11) is 0. The fraction of sp³-hybridized carbons (Fsp3) is 0.250. The summed E-state index contributed by atoms with van der Waals surface area (Å²) in [5.41, 5.74) is 6.38. The molecule has 2 aliphatic rings. The lowest BCUT2D eigenvalue weighted by atomic mass is 9.77. The first kappa shape index (κ1) is 17.0. The number of hydrogen-bond acceptors (Lipinski definition) is 4. The predicted octanol–water partition coefficient (Wildman–Crippen LogP) is 5.31. The molecule has 5 rings (SSSR count). The Morgan fingerprint density at radius 3 is 2.79 bits per heavy atom. The van der Waals surface area contributed by atoms with E-state index in [0.29, 0.717) is 13.0 Å². The second kappa shape index (κ2) is 6.79. The number of carbonyl (C=O) groups excluding carboxylic acids is 1. The summed E-state index contributed by atoms with van der Waals surface area (Å²) in [6, 6.07) is 16.2. The number of anilines is 1. The summed E-state index contributed by atoms with van der Waals surface area (Å²) >= 11 is 0. The van der Waals surface area contributed by atoms with Crippen LogP contribution in [0.25, 0.3) is 16.5 Å². The molecule has 0 amide bonds. The number of benzene rings is 2. The quantitative estimate of drug-likeness (QED) is 0.679. The van der Waals surface area contributed by atoms with Crippen LogP contribution in [0.15, 0.2) is 60.3 Å². The summed E-state index contributed by atoms with van der Waals surface area (Å²) in [6.45, 7) is 2.62. The zero-order valence-electron chi connectivity index (χ0n) is 15.9. The average Bonchev–Trinajstić information content (AvgIpc) is 2.74. The molecular formula is C24H22N2O2. The first-order valence-corrected chi connectivity index (χ1v) is 9.90. The summed E-state index contributed by atoms with van der Waals surface area (Å²) in [6.07, 6.45) is 4.27. The Labute approximate surface area is 164 Å². The topological polar surface area (TPSA) is 51.2 Å². The Bertz CT molecular complexity index is 1100. The molecule has 1 aliphatic heterocycles. The lowest BCUT2D eigenvalue weighted by molar-refractivity contribution is -0.116. The molecule has 2 aromatic carbocycles. The van der Waals surface area contributed by atoms with Gasteiger partial charge in [0, 0.05) is 34.8 Å². The number of rotatable bonds is 3. The van der Waals surface area contributed by atoms with Gasteiger partial charge in [-0.05, 0) is 61.2 Å². The summed E-state index contributed by atoms with van der Waals surface area (Å²) in [5, 5.41) is 4.75. The largest absolute Gasteiger partial charge is 0.494 e. The van der Waals surface area contributed by atoms with Crippen molar-refractivity contribution >= 4 is 27.9 Å². The first-order chi connectivity index (χ1) is 13.8. The number of nitrogens with zero attached hydrogens (tertiary/aromatic N) is 1. The SMILES string of the molecule is CCOc1ccc([C@@H]2Nc3ccc4ncccc4c3C3=C2C(=O)CCC3)cc1. The molecule has 0 saturated carbocycles. The maximum Gasteiger partial charge on any atom is 0.161 e. The minimum Gasteiger partial charge on any atom is -0.494 e. The molecule has 4 nitrogen and oxygen atoms in total. The maximum absolute atomic E-state index is 13.0. The number of aromatic nitrogens is 1. The van der Waals surface area contributed by atoms with Crippen molar-refractivity contribution < 1.29 is 9.53 Å². The van der Waals surface area contributed by atoms with E-state index >= 15 is 0 Å². The van der Waals surface area contributed by atoms with Crippen LogP contribution in [0, 0.1) is 0 Å². The summed E-state index contributed by atoms with van der Waals surface area (Å²) in [5.74, 6) is 1.10. The number of fused-ring (bicyclic) bond motifs is 4. The molecule has 28 heavy (non-hydrogen) atoms. The Hall–Kier alpha value is -3.14. The zero-order chi connectivity index (χ0) is 19.1. The first-order valence-electron chi connectivity index (χ1n) is 9.90. The Balaban J connectivity index is 1.68. The van der Waals surface area contributed by atoms with Crippen LogP contribution in [0.2, 0.25) is 0 Å². The second-order valence-electron chi connectivity index (χ2n) is 7.31. The van der Waals surface area contributed by atoms with Crippen molar-refractivity contribution in [3.8, 4) is 5.75 Å². The molecule has 0 saturated heterocycles. The molecule has 0 spiro atoms. The third kappa shape index (κ3) is 2.68. The van der Waals surface area contributed by atoms with Gasteiger partial charge in [0.25, 0.3) is 0 Å². The van der Waals surface area contributed by atoms with E-state index in [-0.39, 0.29) is 11.8 Å². The number of ketones is 1. The molecule has 0 unspecified atom stereocenters. The van der Waals surface area contributed by atoms with Gasteiger partial charge in [0.15, 0.2) is 5.78 Å². The molecular weight excluding hydrogens is 348 g/mol. The molecule has 0 radical (unpaired) electrons. The van der Waals surface area contributed by atoms with Crippen LogP contribution in [0.1, 0.15) is 43.4 Å². The van der Waals surface area contributed by atoms with Gasteiger partial charge in [0.1, 0.15) is 5.75 Å². The van der Waals surface area contributed by atoms with Gasteiger partial charge in [-0.15, -0.1) is 0 Å². The molecule has 140 valence electrons. The van der Waals surface area contributed by atoms with Crippen LogP contribution >= 0.6 is 0 Å². The van der Waals surface area contributed by atoms with E-state index in [9.17, 15) is 4.79 Å². The monoisotopic (exact) mass is 370 g/mol. The number of Topliss-reactive ketones (excluding diaryl/α,β-unsaturated/α-hetero) is 1. The van der Waals surface area contributed by atoms with Gasteiger partial charge in [0.2, 0.25) is 0 Å². The van der Waals surface area contributed by atoms with E-state index in [1.165, 1.54) is 5.57 Å². The van der Waals surface area contributed by atoms with Crippen LogP contribution < -0.4 is 10.1 Å². The smallest absolute Gasteiger partial charge is 0.161 e.